The number of fused-ring (bicyclic) bond motifs is 1. The fraction of sp³-hybridized carbons (Fsp3) is 0.400. The molecule has 6 nitrogen and oxygen atoms in total. The zero-order valence-electron chi connectivity index (χ0n) is 12.6. The van der Waals surface area contributed by atoms with E-state index in [0.717, 1.165) is 10.1 Å². The van der Waals surface area contributed by atoms with Crippen molar-refractivity contribution < 1.29 is 0 Å². The number of aryl methyl sites for hydroxylation is 2. The molecule has 116 valence electrons. The fourth-order valence-electron chi connectivity index (χ4n) is 2.67. The summed E-state index contributed by atoms with van der Waals surface area (Å²) in [5.41, 5.74) is 1.61. The zero-order chi connectivity index (χ0) is 16.0. The molecule has 1 aliphatic rings. The summed E-state index contributed by atoms with van der Waals surface area (Å²) < 4.78 is 4.09. The summed E-state index contributed by atoms with van der Waals surface area (Å²) in [7, 11) is 0. The molecule has 22 heavy (non-hydrogen) atoms. The Bertz CT molecular complexity index is 847. The first-order valence-electron chi connectivity index (χ1n) is 7.13. The first-order chi connectivity index (χ1) is 10.4. The molecule has 0 atom stereocenters. The van der Waals surface area contributed by atoms with Crippen LogP contribution in [0.3, 0.4) is 0 Å². The molecule has 0 N–H and O–H groups in total. The maximum absolute atomic E-state index is 12.6. The molecular weight excluding hydrogens is 304 g/mol. The smallest absolute Gasteiger partial charge is 0.245 e. The summed E-state index contributed by atoms with van der Waals surface area (Å²) in [5.74, 6) is 0.351. The molecule has 3 rings (SSSR count). The van der Waals surface area contributed by atoms with Gasteiger partial charge >= 0.3 is 11.4 Å². The summed E-state index contributed by atoms with van der Waals surface area (Å²) in [4.78, 5) is 29.6. The Kier molecular flexibility index (Phi) is 3.56. The largest absolute Gasteiger partial charge is 0.353 e. The number of nitrogens with zero attached hydrogens (tertiary/aromatic N) is 4. The number of aromatic nitrogens is 4. The van der Waals surface area contributed by atoms with Crippen LogP contribution in [0.25, 0.3) is 5.82 Å². The van der Waals surface area contributed by atoms with Gasteiger partial charge in [0.05, 0.1) is 10.7 Å². The number of halogens is 1. The molecule has 7 heteroatoms. The van der Waals surface area contributed by atoms with Gasteiger partial charge in [0.2, 0.25) is 0 Å². The van der Waals surface area contributed by atoms with E-state index >= 15 is 0 Å². The van der Waals surface area contributed by atoms with Gasteiger partial charge < -0.3 is 0 Å². The van der Waals surface area contributed by atoms with E-state index < -0.39 is 0 Å². The van der Waals surface area contributed by atoms with Gasteiger partial charge in [-0.05, 0) is 38.3 Å². The lowest BCUT2D eigenvalue weighted by atomic mass is 10.1. The van der Waals surface area contributed by atoms with Crippen molar-refractivity contribution in [1.82, 2.24) is 18.9 Å². The number of allylic oxidation sites excluding steroid dienone is 1. The summed E-state index contributed by atoms with van der Waals surface area (Å²) in [6, 6.07) is 1.72. The van der Waals surface area contributed by atoms with Crippen molar-refractivity contribution in [3.05, 3.63) is 55.5 Å². The third-order valence-electron chi connectivity index (χ3n) is 4.00. The Labute approximate surface area is 132 Å². The predicted octanol–water partition coefficient (Wildman–Crippen LogP) is 1.82. The molecule has 2 aromatic rings. The Balaban J connectivity index is 2.25. The first kappa shape index (κ1) is 14.8. The average molecular weight is 321 g/mol. The van der Waals surface area contributed by atoms with Gasteiger partial charge in [-0.25, -0.2) is 23.9 Å². The molecule has 3 heterocycles. The van der Waals surface area contributed by atoms with Crippen molar-refractivity contribution in [3.63, 3.8) is 0 Å². The molecule has 0 spiro atoms. The second-order valence-corrected chi connectivity index (χ2v) is 6.00. The fourth-order valence-corrected chi connectivity index (χ4v) is 2.88. The molecule has 2 aromatic heterocycles. The van der Waals surface area contributed by atoms with Crippen LogP contribution in [0.4, 0.5) is 0 Å². The van der Waals surface area contributed by atoms with E-state index in [2.05, 4.69) is 11.6 Å². The normalized spacial score (nSPS) is 14.8. The second-order valence-electron chi connectivity index (χ2n) is 5.59. The van der Waals surface area contributed by atoms with Crippen LogP contribution in [0.15, 0.2) is 27.8 Å². The molecule has 0 aromatic carbocycles. The van der Waals surface area contributed by atoms with Gasteiger partial charge in [-0.1, -0.05) is 23.8 Å². The highest BCUT2D eigenvalue weighted by molar-refractivity contribution is 6.31. The zero-order valence-corrected chi connectivity index (χ0v) is 13.4. The van der Waals surface area contributed by atoms with Crippen LogP contribution in [0.1, 0.15) is 24.1 Å². The van der Waals surface area contributed by atoms with E-state index in [9.17, 15) is 9.59 Å². The standard InChI is InChI=1S/C15H17ClN4O2/c1-9-4-6-18-14(21)20(15(22)19(18)7-5-9)13-10(2)8-12(16)11(3)17-13/h8H,1,4-7H2,2-3H3. The van der Waals surface area contributed by atoms with Crippen molar-refractivity contribution in [2.24, 2.45) is 0 Å². The van der Waals surface area contributed by atoms with Crippen molar-refractivity contribution in [1.29, 1.82) is 0 Å². The monoisotopic (exact) mass is 320 g/mol. The molecule has 0 amide bonds. The van der Waals surface area contributed by atoms with Crippen LogP contribution >= 0.6 is 11.6 Å². The lowest BCUT2D eigenvalue weighted by Gasteiger charge is -2.06. The predicted molar refractivity (Wildman–Crippen MR) is 84.9 cm³/mol. The summed E-state index contributed by atoms with van der Waals surface area (Å²) in [6.45, 7) is 8.41. The second kappa shape index (κ2) is 5.28. The van der Waals surface area contributed by atoms with Crippen molar-refractivity contribution in [2.75, 3.05) is 0 Å². The molecule has 0 unspecified atom stereocenters. The third kappa shape index (κ3) is 2.23. The van der Waals surface area contributed by atoms with Crippen LogP contribution in [0.5, 0.6) is 0 Å². The van der Waals surface area contributed by atoms with Gasteiger partial charge in [-0.3, -0.25) is 0 Å². The van der Waals surface area contributed by atoms with Crippen molar-refractivity contribution in [2.45, 2.75) is 39.8 Å². The maximum Gasteiger partial charge on any atom is 0.353 e. The third-order valence-corrected chi connectivity index (χ3v) is 4.38. The quantitative estimate of drug-likeness (QED) is 0.753. The SMILES string of the molecule is C=C1CCn2c(=O)n(-c3nc(C)c(Cl)cc3C)c(=O)n2CC1. The van der Waals surface area contributed by atoms with Gasteiger partial charge in [-0.15, -0.1) is 0 Å². The van der Waals surface area contributed by atoms with Crippen LogP contribution in [-0.2, 0) is 13.1 Å². The summed E-state index contributed by atoms with van der Waals surface area (Å²) in [6.07, 6.45) is 1.41. The highest BCUT2D eigenvalue weighted by Crippen LogP contribution is 2.18. The molecular formula is C15H17ClN4O2. The maximum atomic E-state index is 12.6. The minimum Gasteiger partial charge on any atom is -0.245 e. The number of hydrogen-bond donors (Lipinski definition) is 0. The van der Waals surface area contributed by atoms with Gasteiger partial charge in [-0.2, -0.15) is 4.57 Å². The molecule has 0 radical (unpaired) electrons. The molecule has 0 bridgehead atoms. The summed E-state index contributed by atoms with van der Waals surface area (Å²) >= 11 is 6.04. The highest BCUT2D eigenvalue weighted by Gasteiger charge is 2.21. The minimum atomic E-state index is -0.364. The van der Waals surface area contributed by atoms with Crippen molar-refractivity contribution in [3.8, 4) is 5.82 Å². The minimum absolute atomic E-state index is 0.351. The average Bonchev–Trinajstić information content (AvgIpc) is 2.61. The van der Waals surface area contributed by atoms with Crippen LogP contribution in [0, 0.1) is 13.8 Å². The van der Waals surface area contributed by atoms with Gasteiger partial charge in [0, 0.05) is 13.1 Å². The Morgan fingerprint density at radius 1 is 1.14 bits per heavy atom. The van der Waals surface area contributed by atoms with Crippen LogP contribution < -0.4 is 11.4 Å². The lowest BCUT2D eigenvalue weighted by Crippen LogP contribution is -2.29. The Morgan fingerprint density at radius 3 is 2.23 bits per heavy atom. The topological polar surface area (TPSA) is 61.8 Å². The molecule has 0 saturated heterocycles. The molecule has 1 aliphatic heterocycles. The number of hydrogen-bond acceptors (Lipinski definition) is 3. The van der Waals surface area contributed by atoms with Gasteiger partial charge in [0.25, 0.3) is 0 Å². The van der Waals surface area contributed by atoms with E-state index in [-0.39, 0.29) is 11.4 Å². The Hall–Kier alpha value is -2.08. The van der Waals surface area contributed by atoms with Crippen LogP contribution in [0.2, 0.25) is 5.02 Å². The van der Waals surface area contributed by atoms with E-state index in [1.165, 1.54) is 9.36 Å². The molecule has 0 fully saturated rings. The number of pyridine rings is 1. The molecule has 0 saturated carbocycles. The van der Waals surface area contributed by atoms with Crippen molar-refractivity contribution >= 4 is 11.6 Å². The van der Waals surface area contributed by atoms with E-state index in [4.69, 9.17) is 11.6 Å². The van der Waals surface area contributed by atoms with E-state index in [1.54, 1.807) is 19.9 Å². The van der Waals surface area contributed by atoms with Gasteiger partial charge in [0.1, 0.15) is 5.82 Å². The van der Waals surface area contributed by atoms with E-state index in [0.29, 0.717) is 48.0 Å². The highest BCUT2D eigenvalue weighted by atomic mass is 35.5. The first-order valence-corrected chi connectivity index (χ1v) is 7.51. The summed E-state index contributed by atoms with van der Waals surface area (Å²) in [5, 5.41) is 0.520. The number of rotatable bonds is 1. The van der Waals surface area contributed by atoms with Gasteiger partial charge in [0.15, 0.2) is 0 Å². The lowest BCUT2D eigenvalue weighted by molar-refractivity contribution is 0.466. The molecule has 0 aliphatic carbocycles. The Morgan fingerprint density at radius 2 is 1.68 bits per heavy atom. The van der Waals surface area contributed by atoms with E-state index in [1.807, 2.05) is 0 Å². The van der Waals surface area contributed by atoms with Crippen LogP contribution in [-0.4, -0.2) is 18.9 Å².